The molecule has 1 heterocycles. The van der Waals surface area contributed by atoms with Gasteiger partial charge in [-0.1, -0.05) is 28.1 Å². The average molecular weight is 420 g/mol. The molecule has 2 aromatic carbocycles. The molecule has 3 rings (SSSR count). The van der Waals surface area contributed by atoms with E-state index in [0.717, 1.165) is 26.7 Å². The van der Waals surface area contributed by atoms with Crippen LogP contribution in [0.4, 0.5) is 10.5 Å². The smallest absolute Gasteiger partial charge is 0.298 e. The van der Waals surface area contributed by atoms with Crippen LogP contribution >= 0.6 is 27.7 Å². The number of carbonyl (C=O) groups excluding carboxylic acids is 2. The van der Waals surface area contributed by atoms with Crippen LogP contribution in [0.3, 0.4) is 0 Å². The maximum Gasteiger partial charge on any atom is 0.298 e. The molecule has 1 aliphatic heterocycles. The molecule has 1 saturated heterocycles. The van der Waals surface area contributed by atoms with Crippen molar-refractivity contribution in [3.8, 4) is 11.5 Å². The van der Waals surface area contributed by atoms with E-state index in [1.165, 1.54) is 14.2 Å². The number of imide groups is 1. The lowest BCUT2D eigenvalue weighted by molar-refractivity contribution is -0.113. The monoisotopic (exact) mass is 419 g/mol. The van der Waals surface area contributed by atoms with E-state index < -0.39 is 0 Å². The quantitative estimate of drug-likeness (QED) is 0.671. The third kappa shape index (κ3) is 3.57. The van der Waals surface area contributed by atoms with Gasteiger partial charge in [-0.2, -0.15) is 0 Å². The normalized spacial score (nSPS) is 15.8. The lowest BCUT2D eigenvalue weighted by Crippen LogP contribution is -2.28. The molecule has 1 aliphatic rings. The van der Waals surface area contributed by atoms with Crippen molar-refractivity contribution in [2.75, 3.05) is 19.1 Å². The SMILES string of the molecule is COc1ccc(N2C(=O)S/C(=C\c3ccc(Br)cc3)C2=O)c(OC)c1. The lowest BCUT2D eigenvalue weighted by atomic mass is 10.2. The second-order valence-electron chi connectivity index (χ2n) is 5.11. The summed E-state index contributed by atoms with van der Waals surface area (Å²) in [5.74, 6) is 0.603. The van der Waals surface area contributed by atoms with Crippen molar-refractivity contribution in [3.05, 3.63) is 57.4 Å². The molecule has 0 spiro atoms. The fourth-order valence-corrected chi connectivity index (χ4v) is 3.45. The van der Waals surface area contributed by atoms with Crippen molar-refractivity contribution >= 4 is 50.6 Å². The van der Waals surface area contributed by atoms with E-state index in [1.54, 1.807) is 24.3 Å². The van der Waals surface area contributed by atoms with Gasteiger partial charge in [0.25, 0.3) is 11.1 Å². The summed E-state index contributed by atoms with van der Waals surface area (Å²) < 4.78 is 11.4. The molecule has 0 atom stereocenters. The van der Waals surface area contributed by atoms with Crippen molar-refractivity contribution in [2.24, 2.45) is 0 Å². The third-order valence-electron chi connectivity index (χ3n) is 3.59. The van der Waals surface area contributed by atoms with Crippen LogP contribution < -0.4 is 14.4 Å². The molecule has 0 N–H and O–H groups in total. The van der Waals surface area contributed by atoms with Gasteiger partial charge in [-0.15, -0.1) is 0 Å². The van der Waals surface area contributed by atoms with E-state index in [4.69, 9.17) is 9.47 Å². The number of nitrogens with zero attached hydrogens (tertiary/aromatic N) is 1. The van der Waals surface area contributed by atoms with Crippen LogP contribution in [0.25, 0.3) is 6.08 Å². The predicted octanol–water partition coefficient (Wildman–Crippen LogP) is 4.71. The van der Waals surface area contributed by atoms with Gasteiger partial charge in [-0.05, 0) is 47.7 Å². The minimum absolute atomic E-state index is 0.364. The molecule has 0 aromatic heterocycles. The molecule has 25 heavy (non-hydrogen) atoms. The summed E-state index contributed by atoms with van der Waals surface area (Å²) in [4.78, 5) is 26.6. The lowest BCUT2D eigenvalue weighted by Gasteiger charge is -2.16. The van der Waals surface area contributed by atoms with Crippen molar-refractivity contribution in [1.29, 1.82) is 0 Å². The highest BCUT2D eigenvalue weighted by Gasteiger charge is 2.37. The van der Waals surface area contributed by atoms with E-state index in [1.807, 2.05) is 24.3 Å². The highest BCUT2D eigenvalue weighted by molar-refractivity contribution is 9.10. The molecule has 7 heteroatoms. The number of hydrogen-bond acceptors (Lipinski definition) is 5. The van der Waals surface area contributed by atoms with Crippen LogP contribution in [-0.2, 0) is 4.79 Å². The van der Waals surface area contributed by atoms with Crippen molar-refractivity contribution < 1.29 is 19.1 Å². The maximum atomic E-state index is 12.7. The van der Waals surface area contributed by atoms with Gasteiger partial charge < -0.3 is 9.47 Å². The number of rotatable bonds is 4. The number of methoxy groups -OCH3 is 2. The van der Waals surface area contributed by atoms with Crippen LogP contribution in [0.1, 0.15) is 5.56 Å². The molecule has 5 nitrogen and oxygen atoms in total. The Morgan fingerprint density at radius 1 is 1.04 bits per heavy atom. The number of carbonyl (C=O) groups is 2. The second-order valence-corrected chi connectivity index (χ2v) is 7.02. The van der Waals surface area contributed by atoms with Gasteiger partial charge in [0.05, 0.1) is 24.8 Å². The summed E-state index contributed by atoms with van der Waals surface area (Å²) in [7, 11) is 3.02. The third-order valence-corrected chi connectivity index (χ3v) is 4.99. The van der Waals surface area contributed by atoms with Crippen LogP contribution in [0.15, 0.2) is 51.8 Å². The van der Waals surface area contributed by atoms with Crippen LogP contribution in [-0.4, -0.2) is 25.4 Å². The van der Waals surface area contributed by atoms with Crippen LogP contribution in [0.5, 0.6) is 11.5 Å². The molecule has 0 aliphatic carbocycles. The molecule has 2 aromatic rings. The first kappa shape index (κ1) is 17.6. The molecule has 1 fully saturated rings. The van der Waals surface area contributed by atoms with Crippen molar-refractivity contribution in [1.82, 2.24) is 0 Å². The van der Waals surface area contributed by atoms with Gasteiger partial charge in [0.1, 0.15) is 11.5 Å². The standard InChI is InChI=1S/C18H14BrNO4S/c1-23-13-7-8-14(15(10-13)24-2)20-17(21)16(25-18(20)22)9-11-3-5-12(19)6-4-11/h3-10H,1-2H3/b16-9-. The molecule has 0 bridgehead atoms. The fourth-order valence-electron chi connectivity index (χ4n) is 2.36. The topological polar surface area (TPSA) is 55.8 Å². The first-order valence-corrected chi connectivity index (χ1v) is 8.90. The Morgan fingerprint density at radius 2 is 1.76 bits per heavy atom. The second kappa shape index (κ2) is 7.33. The highest BCUT2D eigenvalue weighted by Crippen LogP contribution is 2.41. The molecule has 128 valence electrons. The van der Waals surface area contributed by atoms with E-state index in [0.29, 0.717) is 22.1 Å². The molecule has 2 amide bonds. The van der Waals surface area contributed by atoms with Gasteiger partial charge in [0.2, 0.25) is 0 Å². The molecular weight excluding hydrogens is 406 g/mol. The van der Waals surface area contributed by atoms with Gasteiger partial charge in [-0.3, -0.25) is 9.59 Å². The Kier molecular flexibility index (Phi) is 5.15. The van der Waals surface area contributed by atoms with Crippen molar-refractivity contribution in [3.63, 3.8) is 0 Å². The summed E-state index contributed by atoms with van der Waals surface area (Å²) in [5.41, 5.74) is 1.24. The predicted molar refractivity (Wildman–Crippen MR) is 102 cm³/mol. The Labute approximate surface area is 157 Å². The first-order valence-electron chi connectivity index (χ1n) is 7.29. The number of amides is 2. The average Bonchev–Trinajstić information content (AvgIpc) is 2.90. The Balaban J connectivity index is 1.95. The summed E-state index contributed by atoms with van der Waals surface area (Å²) >= 11 is 4.27. The number of benzene rings is 2. The minimum atomic E-state index is -0.374. The van der Waals surface area contributed by atoms with E-state index in [-0.39, 0.29) is 11.1 Å². The van der Waals surface area contributed by atoms with Gasteiger partial charge in [-0.25, -0.2) is 4.90 Å². The summed E-state index contributed by atoms with van der Waals surface area (Å²) in [5, 5.41) is -0.364. The van der Waals surface area contributed by atoms with Gasteiger partial charge in [0.15, 0.2) is 0 Å². The Hall–Kier alpha value is -2.25. The molecule has 0 unspecified atom stereocenters. The largest absolute Gasteiger partial charge is 0.497 e. The highest BCUT2D eigenvalue weighted by atomic mass is 79.9. The number of hydrogen-bond donors (Lipinski definition) is 0. The van der Waals surface area contributed by atoms with Gasteiger partial charge >= 0.3 is 0 Å². The van der Waals surface area contributed by atoms with Gasteiger partial charge in [0, 0.05) is 10.5 Å². The maximum absolute atomic E-state index is 12.7. The summed E-state index contributed by atoms with van der Waals surface area (Å²) in [6.45, 7) is 0. The number of thioether (sulfide) groups is 1. The minimum Gasteiger partial charge on any atom is -0.497 e. The Morgan fingerprint density at radius 3 is 2.40 bits per heavy atom. The number of anilines is 1. The number of ether oxygens (including phenoxy) is 2. The van der Waals surface area contributed by atoms with Crippen LogP contribution in [0.2, 0.25) is 0 Å². The van der Waals surface area contributed by atoms with Crippen LogP contribution in [0, 0.1) is 0 Å². The zero-order valence-electron chi connectivity index (χ0n) is 13.5. The summed E-state index contributed by atoms with van der Waals surface area (Å²) in [6, 6.07) is 12.4. The van der Waals surface area contributed by atoms with E-state index >= 15 is 0 Å². The zero-order chi connectivity index (χ0) is 18.0. The van der Waals surface area contributed by atoms with Crippen molar-refractivity contribution in [2.45, 2.75) is 0 Å². The Bertz CT molecular complexity index is 864. The fraction of sp³-hybridized carbons (Fsp3) is 0.111. The molecule has 0 saturated carbocycles. The van der Waals surface area contributed by atoms with E-state index in [2.05, 4.69) is 15.9 Å². The molecule has 0 radical (unpaired) electrons. The first-order chi connectivity index (χ1) is 12.0. The summed E-state index contributed by atoms with van der Waals surface area (Å²) in [6.07, 6.45) is 1.70. The van der Waals surface area contributed by atoms with E-state index in [9.17, 15) is 9.59 Å². The number of halogens is 1. The molecular formula is C18H14BrNO4S. The zero-order valence-corrected chi connectivity index (χ0v) is 15.9.